The molecule has 108 valence electrons. The summed E-state index contributed by atoms with van der Waals surface area (Å²) in [4.78, 5) is 4.15. The maximum Gasteiger partial charge on any atom is 0.435 e. The molecular formula is C14H16F3N3. The highest BCUT2D eigenvalue weighted by atomic mass is 19.4. The largest absolute Gasteiger partial charge is 0.435 e. The van der Waals surface area contributed by atoms with Crippen molar-refractivity contribution in [2.45, 2.75) is 32.4 Å². The maximum atomic E-state index is 12.9. The van der Waals surface area contributed by atoms with Gasteiger partial charge in [0.1, 0.15) is 0 Å². The molecule has 20 heavy (non-hydrogen) atoms. The number of aryl methyl sites for hydroxylation is 1. The van der Waals surface area contributed by atoms with E-state index in [1.165, 1.54) is 13.2 Å². The fraction of sp³-hybridized carbons (Fsp3) is 0.429. The lowest BCUT2D eigenvalue weighted by atomic mass is 9.88. The number of pyridine rings is 1. The molecule has 6 heteroatoms. The Morgan fingerprint density at radius 1 is 1.10 bits per heavy atom. The first-order chi connectivity index (χ1) is 9.09. The number of nitrogens with zero attached hydrogens (tertiary/aromatic N) is 3. The SMILES string of the molecule is Cn1cc(-c2ccc(C(C)(C)C)cn2)c(C(F)(F)F)n1. The van der Waals surface area contributed by atoms with Gasteiger partial charge in [0.25, 0.3) is 0 Å². The molecule has 0 atom stereocenters. The third kappa shape index (κ3) is 2.84. The monoisotopic (exact) mass is 283 g/mol. The van der Waals surface area contributed by atoms with Crippen LogP contribution in [0.3, 0.4) is 0 Å². The topological polar surface area (TPSA) is 30.7 Å². The second-order valence-electron chi connectivity index (χ2n) is 5.74. The molecule has 0 spiro atoms. The molecule has 0 aliphatic heterocycles. The molecule has 0 radical (unpaired) electrons. The van der Waals surface area contributed by atoms with Crippen molar-refractivity contribution in [2.75, 3.05) is 0 Å². The van der Waals surface area contributed by atoms with Gasteiger partial charge in [-0.2, -0.15) is 18.3 Å². The van der Waals surface area contributed by atoms with Crippen LogP contribution >= 0.6 is 0 Å². The zero-order chi connectivity index (χ0) is 15.1. The fourth-order valence-corrected chi connectivity index (χ4v) is 1.88. The second-order valence-corrected chi connectivity index (χ2v) is 5.74. The summed E-state index contributed by atoms with van der Waals surface area (Å²) in [6.45, 7) is 6.07. The van der Waals surface area contributed by atoms with Crippen molar-refractivity contribution in [2.24, 2.45) is 7.05 Å². The average molecular weight is 283 g/mol. The Hall–Kier alpha value is -1.85. The van der Waals surface area contributed by atoms with Crippen LogP contribution in [0.25, 0.3) is 11.3 Å². The molecule has 0 unspecified atom stereocenters. The van der Waals surface area contributed by atoms with Gasteiger partial charge in [0, 0.05) is 19.4 Å². The lowest BCUT2D eigenvalue weighted by Crippen LogP contribution is -2.11. The van der Waals surface area contributed by atoms with Gasteiger partial charge >= 0.3 is 6.18 Å². The normalized spacial score (nSPS) is 12.8. The lowest BCUT2D eigenvalue weighted by Gasteiger charge is -2.18. The molecule has 0 aromatic carbocycles. The molecule has 0 aliphatic carbocycles. The number of halogens is 3. The number of hydrogen-bond acceptors (Lipinski definition) is 2. The predicted molar refractivity (Wildman–Crippen MR) is 70.1 cm³/mol. The highest BCUT2D eigenvalue weighted by molar-refractivity contribution is 5.62. The van der Waals surface area contributed by atoms with Gasteiger partial charge in [0.2, 0.25) is 0 Å². The summed E-state index contributed by atoms with van der Waals surface area (Å²) in [6, 6.07) is 3.41. The standard InChI is InChI=1S/C14H16F3N3/c1-13(2,3)9-5-6-11(18-7-9)10-8-20(4)19-12(10)14(15,16)17/h5-8H,1-4H3. The first-order valence-corrected chi connectivity index (χ1v) is 6.17. The first-order valence-electron chi connectivity index (χ1n) is 6.17. The van der Waals surface area contributed by atoms with Crippen molar-refractivity contribution in [1.29, 1.82) is 0 Å². The van der Waals surface area contributed by atoms with Gasteiger partial charge in [-0.05, 0) is 17.0 Å². The summed E-state index contributed by atoms with van der Waals surface area (Å²) in [5.74, 6) is 0. The van der Waals surface area contributed by atoms with E-state index in [2.05, 4.69) is 10.1 Å². The van der Waals surface area contributed by atoms with Crippen molar-refractivity contribution in [3.05, 3.63) is 35.8 Å². The molecular weight excluding hydrogens is 267 g/mol. The zero-order valence-electron chi connectivity index (χ0n) is 11.8. The van der Waals surface area contributed by atoms with Crippen LogP contribution in [0, 0.1) is 0 Å². The first kappa shape index (κ1) is 14.6. The molecule has 0 amide bonds. The quantitative estimate of drug-likeness (QED) is 0.797. The molecule has 0 bridgehead atoms. The van der Waals surface area contributed by atoms with Gasteiger partial charge in [0.15, 0.2) is 5.69 Å². The Kier molecular flexibility index (Phi) is 3.36. The highest BCUT2D eigenvalue weighted by Crippen LogP contribution is 2.35. The summed E-state index contributed by atoms with van der Waals surface area (Å²) in [7, 11) is 1.46. The van der Waals surface area contributed by atoms with E-state index in [4.69, 9.17) is 0 Å². The average Bonchev–Trinajstić information content (AvgIpc) is 2.70. The Morgan fingerprint density at radius 2 is 1.75 bits per heavy atom. The Balaban J connectivity index is 2.48. The van der Waals surface area contributed by atoms with E-state index < -0.39 is 11.9 Å². The third-order valence-electron chi connectivity index (χ3n) is 3.00. The van der Waals surface area contributed by atoms with Crippen molar-refractivity contribution >= 4 is 0 Å². The van der Waals surface area contributed by atoms with E-state index in [0.717, 1.165) is 10.2 Å². The van der Waals surface area contributed by atoms with Gasteiger partial charge in [-0.3, -0.25) is 9.67 Å². The van der Waals surface area contributed by atoms with Crippen molar-refractivity contribution in [1.82, 2.24) is 14.8 Å². The van der Waals surface area contributed by atoms with Crippen LogP contribution < -0.4 is 0 Å². The van der Waals surface area contributed by atoms with Crippen LogP contribution in [-0.4, -0.2) is 14.8 Å². The summed E-state index contributed by atoms with van der Waals surface area (Å²) in [5, 5.41) is 3.48. The van der Waals surface area contributed by atoms with Crippen LogP contribution in [0.2, 0.25) is 0 Å². The minimum Gasteiger partial charge on any atom is -0.275 e. The number of alkyl halides is 3. The Labute approximate surface area is 115 Å². The van der Waals surface area contributed by atoms with E-state index in [-0.39, 0.29) is 16.7 Å². The van der Waals surface area contributed by atoms with E-state index in [0.29, 0.717) is 0 Å². The zero-order valence-corrected chi connectivity index (χ0v) is 11.8. The summed E-state index contributed by atoms with van der Waals surface area (Å²) < 4.78 is 39.9. The van der Waals surface area contributed by atoms with E-state index in [9.17, 15) is 13.2 Å². The molecule has 0 saturated heterocycles. The van der Waals surface area contributed by atoms with Gasteiger partial charge in [-0.25, -0.2) is 0 Å². The number of aromatic nitrogens is 3. The molecule has 2 aromatic heterocycles. The molecule has 0 fully saturated rings. The molecule has 3 nitrogen and oxygen atoms in total. The fourth-order valence-electron chi connectivity index (χ4n) is 1.88. The van der Waals surface area contributed by atoms with Crippen molar-refractivity contribution in [3.8, 4) is 11.3 Å². The smallest absolute Gasteiger partial charge is 0.275 e. The molecule has 0 saturated carbocycles. The van der Waals surface area contributed by atoms with Crippen molar-refractivity contribution in [3.63, 3.8) is 0 Å². The van der Waals surface area contributed by atoms with Crippen LogP contribution in [0.1, 0.15) is 32.0 Å². The predicted octanol–water partition coefficient (Wildman–Crippen LogP) is 3.80. The summed E-state index contributed by atoms with van der Waals surface area (Å²) in [5.41, 5.74) is 0.251. The number of rotatable bonds is 1. The molecule has 0 N–H and O–H groups in total. The summed E-state index contributed by atoms with van der Waals surface area (Å²) >= 11 is 0. The minimum atomic E-state index is -4.49. The summed E-state index contributed by atoms with van der Waals surface area (Å²) in [6.07, 6.45) is -1.54. The lowest BCUT2D eigenvalue weighted by molar-refractivity contribution is -0.141. The minimum absolute atomic E-state index is 0.000425. The second kappa shape index (κ2) is 4.61. The van der Waals surface area contributed by atoms with E-state index >= 15 is 0 Å². The maximum absolute atomic E-state index is 12.9. The van der Waals surface area contributed by atoms with Crippen molar-refractivity contribution < 1.29 is 13.2 Å². The Bertz CT molecular complexity index is 604. The molecule has 2 heterocycles. The van der Waals surface area contributed by atoms with Gasteiger partial charge in [-0.15, -0.1) is 0 Å². The van der Waals surface area contributed by atoms with E-state index in [1.807, 2.05) is 20.8 Å². The highest BCUT2D eigenvalue weighted by Gasteiger charge is 2.37. The third-order valence-corrected chi connectivity index (χ3v) is 3.00. The molecule has 0 aliphatic rings. The Morgan fingerprint density at radius 3 is 2.20 bits per heavy atom. The van der Waals surface area contributed by atoms with Gasteiger partial charge in [-0.1, -0.05) is 26.8 Å². The van der Waals surface area contributed by atoms with Crippen LogP contribution in [0.5, 0.6) is 0 Å². The van der Waals surface area contributed by atoms with Crippen LogP contribution in [0.15, 0.2) is 24.5 Å². The van der Waals surface area contributed by atoms with Crippen LogP contribution in [0.4, 0.5) is 13.2 Å². The van der Waals surface area contributed by atoms with Gasteiger partial charge in [0.05, 0.1) is 11.3 Å². The number of hydrogen-bond donors (Lipinski definition) is 0. The van der Waals surface area contributed by atoms with E-state index in [1.54, 1.807) is 18.3 Å². The molecule has 2 rings (SSSR count). The molecule has 2 aromatic rings. The van der Waals surface area contributed by atoms with Crippen LogP contribution in [-0.2, 0) is 18.6 Å². The van der Waals surface area contributed by atoms with Gasteiger partial charge < -0.3 is 0 Å².